The molecular formula is C17H26N6O2. The number of piperazine rings is 1. The first kappa shape index (κ1) is 17.6. The van der Waals surface area contributed by atoms with Crippen molar-refractivity contribution in [3.63, 3.8) is 0 Å². The third-order valence-electron chi connectivity index (χ3n) is 4.82. The van der Waals surface area contributed by atoms with Gasteiger partial charge in [-0.1, -0.05) is 0 Å². The Hall–Kier alpha value is -2.22. The molecule has 0 aliphatic carbocycles. The van der Waals surface area contributed by atoms with Crippen molar-refractivity contribution in [2.75, 3.05) is 38.1 Å². The molecule has 8 nitrogen and oxygen atoms in total. The summed E-state index contributed by atoms with van der Waals surface area (Å²) < 4.78 is 0. The summed E-state index contributed by atoms with van der Waals surface area (Å²) in [5.74, 6) is 0.547. The van der Waals surface area contributed by atoms with Gasteiger partial charge in [-0.25, -0.2) is 9.97 Å². The van der Waals surface area contributed by atoms with Crippen molar-refractivity contribution in [3.05, 3.63) is 18.0 Å². The normalized spacial score (nSPS) is 21.7. The van der Waals surface area contributed by atoms with Gasteiger partial charge in [-0.2, -0.15) is 0 Å². The van der Waals surface area contributed by atoms with E-state index in [9.17, 15) is 9.59 Å². The van der Waals surface area contributed by atoms with Crippen LogP contribution in [0.3, 0.4) is 0 Å². The van der Waals surface area contributed by atoms with E-state index in [2.05, 4.69) is 25.5 Å². The lowest BCUT2D eigenvalue weighted by Crippen LogP contribution is -2.56. The molecule has 1 unspecified atom stereocenters. The van der Waals surface area contributed by atoms with Crippen LogP contribution in [-0.2, 0) is 16.1 Å². The number of aromatic nitrogens is 2. The lowest BCUT2D eigenvalue weighted by molar-refractivity contribution is -0.134. The Balaban J connectivity index is 1.64. The maximum absolute atomic E-state index is 12.1. The highest BCUT2D eigenvalue weighted by Crippen LogP contribution is 2.17. The highest BCUT2D eigenvalue weighted by molar-refractivity contribution is 5.88. The Morgan fingerprint density at radius 1 is 1.24 bits per heavy atom. The third kappa shape index (κ3) is 4.45. The highest BCUT2D eigenvalue weighted by Gasteiger charge is 2.31. The van der Waals surface area contributed by atoms with E-state index in [0.29, 0.717) is 19.6 Å². The fraction of sp³-hybridized carbons (Fsp3) is 0.647. The van der Waals surface area contributed by atoms with Crippen LogP contribution >= 0.6 is 0 Å². The van der Waals surface area contributed by atoms with Crippen molar-refractivity contribution < 1.29 is 9.59 Å². The second kappa shape index (κ2) is 8.24. The molecule has 2 amide bonds. The Labute approximate surface area is 148 Å². The van der Waals surface area contributed by atoms with E-state index < -0.39 is 6.04 Å². The van der Waals surface area contributed by atoms with Crippen molar-refractivity contribution in [3.8, 4) is 0 Å². The fourth-order valence-electron chi connectivity index (χ4n) is 3.37. The quantitative estimate of drug-likeness (QED) is 0.774. The first-order chi connectivity index (χ1) is 12.2. The smallest absolute Gasteiger partial charge is 0.237 e. The Morgan fingerprint density at radius 2 is 1.96 bits per heavy atom. The molecule has 1 aromatic heterocycles. The average molecular weight is 346 g/mol. The number of carbonyl (C=O) groups is 2. The third-order valence-corrected chi connectivity index (χ3v) is 4.82. The number of nitrogens with zero attached hydrogens (tertiary/aromatic N) is 4. The van der Waals surface area contributed by atoms with E-state index in [1.54, 1.807) is 7.05 Å². The molecule has 0 aromatic carbocycles. The lowest BCUT2D eigenvalue weighted by atomic mass is 10.1. The number of carbonyl (C=O) groups excluding carboxylic acids is 2. The van der Waals surface area contributed by atoms with Gasteiger partial charge in [0.25, 0.3) is 0 Å². The first-order valence-corrected chi connectivity index (χ1v) is 8.95. The maximum Gasteiger partial charge on any atom is 0.237 e. The number of piperidine rings is 1. The number of amides is 2. The zero-order valence-corrected chi connectivity index (χ0v) is 14.7. The molecule has 1 aromatic rings. The molecule has 0 saturated carbocycles. The number of hydrogen-bond acceptors (Lipinski definition) is 6. The van der Waals surface area contributed by atoms with E-state index in [1.165, 1.54) is 19.3 Å². The number of nitrogens with one attached hydrogen (secondary N) is 2. The second-order valence-electron chi connectivity index (χ2n) is 6.59. The van der Waals surface area contributed by atoms with Gasteiger partial charge < -0.3 is 15.5 Å². The van der Waals surface area contributed by atoms with Crippen LogP contribution in [0.25, 0.3) is 0 Å². The molecule has 25 heavy (non-hydrogen) atoms. The van der Waals surface area contributed by atoms with Crippen molar-refractivity contribution >= 4 is 17.8 Å². The van der Waals surface area contributed by atoms with Gasteiger partial charge in [-0.3, -0.25) is 14.5 Å². The molecule has 2 fully saturated rings. The molecular weight excluding hydrogens is 320 g/mol. The lowest BCUT2D eigenvalue weighted by Gasteiger charge is -2.34. The van der Waals surface area contributed by atoms with E-state index >= 15 is 0 Å². The molecule has 2 aliphatic heterocycles. The zero-order chi connectivity index (χ0) is 17.6. The fourth-order valence-corrected chi connectivity index (χ4v) is 3.37. The molecule has 2 saturated heterocycles. The molecule has 0 spiro atoms. The summed E-state index contributed by atoms with van der Waals surface area (Å²) in [6.45, 7) is 3.89. The Bertz CT molecular complexity index is 600. The molecule has 0 radical (unpaired) electrons. The number of hydrogen-bond donors (Lipinski definition) is 2. The summed E-state index contributed by atoms with van der Waals surface area (Å²) in [6.07, 6.45) is 7.48. The topological polar surface area (TPSA) is 90.5 Å². The van der Waals surface area contributed by atoms with Crippen LogP contribution in [0.1, 0.15) is 31.2 Å². The molecule has 136 valence electrons. The summed E-state index contributed by atoms with van der Waals surface area (Å²) in [5, 5.41) is 5.42. The van der Waals surface area contributed by atoms with E-state index in [4.69, 9.17) is 0 Å². The summed E-state index contributed by atoms with van der Waals surface area (Å²) in [7, 11) is 1.58. The predicted molar refractivity (Wildman–Crippen MR) is 94.0 cm³/mol. The minimum atomic E-state index is -0.449. The van der Waals surface area contributed by atoms with Crippen molar-refractivity contribution in [2.45, 2.75) is 38.3 Å². The van der Waals surface area contributed by atoms with Crippen LogP contribution < -0.4 is 15.5 Å². The largest absolute Gasteiger partial charge is 0.359 e. The standard InChI is InChI=1S/C17H26N6O2/c1-18-15(24)9-14-16(25)19-5-8-23(14)12-13-10-20-17(21-11-13)22-6-3-2-4-7-22/h10-11,14H,2-9,12H2,1H3,(H,18,24)(H,19,25). The van der Waals surface area contributed by atoms with Crippen LogP contribution in [0, 0.1) is 0 Å². The summed E-state index contributed by atoms with van der Waals surface area (Å²) in [4.78, 5) is 37.1. The monoisotopic (exact) mass is 346 g/mol. The van der Waals surface area contributed by atoms with Gasteiger partial charge >= 0.3 is 0 Å². The highest BCUT2D eigenvalue weighted by atomic mass is 16.2. The molecule has 2 aliphatic rings. The minimum absolute atomic E-state index is 0.0966. The van der Waals surface area contributed by atoms with Crippen LogP contribution in [0.15, 0.2) is 12.4 Å². The molecule has 3 rings (SSSR count). The average Bonchev–Trinajstić information content (AvgIpc) is 2.65. The molecule has 2 N–H and O–H groups in total. The van der Waals surface area contributed by atoms with E-state index in [1.807, 2.05) is 17.3 Å². The van der Waals surface area contributed by atoms with Gasteiger partial charge in [0, 0.05) is 57.7 Å². The number of anilines is 1. The van der Waals surface area contributed by atoms with Crippen LogP contribution in [0.2, 0.25) is 0 Å². The van der Waals surface area contributed by atoms with Crippen LogP contribution in [0.5, 0.6) is 0 Å². The van der Waals surface area contributed by atoms with Gasteiger partial charge in [0.05, 0.1) is 12.5 Å². The molecule has 3 heterocycles. The van der Waals surface area contributed by atoms with Crippen LogP contribution in [0.4, 0.5) is 5.95 Å². The van der Waals surface area contributed by atoms with E-state index in [-0.39, 0.29) is 18.2 Å². The predicted octanol–water partition coefficient (Wildman–Crippen LogP) is -0.0966. The summed E-state index contributed by atoms with van der Waals surface area (Å²) in [5.41, 5.74) is 0.956. The summed E-state index contributed by atoms with van der Waals surface area (Å²) >= 11 is 0. The van der Waals surface area contributed by atoms with Crippen molar-refractivity contribution in [2.24, 2.45) is 0 Å². The van der Waals surface area contributed by atoms with Crippen molar-refractivity contribution in [1.29, 1.82) is 0 Å². The maximum atomic E-state index is 12.1. The first-order valence-electron chi connectivity index (χ1n) is 8.95. The minimum Gasteiger partial charge on any atom is -0.359 e. The van der Waals surface area contributed by atoms with Gasteiger partial charge in [0.2, 0.25) is 17.8 Å². The molecule has 0 bridgehead atoms. The van der Waals surface area contributed by atoms with Crippen molar-refractivity contribution in [1.82, 2.24) is 25.5 Å². The van der Waals surface area contributed by atoms with Gasteiger partial charge in [-0.15, -0.1) is 0 Å². The van der Waals surface area contributed by atoms with Crippen LogP contribution in [-0.4, -0.2) is 66.0 Å². The van der Waals surface area contributed by atoms with Gasteiger partial charge in [0.1, 0.15) is 0 Å². The Morgan fingerprint density at radius 3 is 2.64 bits per heavy atom. The second-order valence-corrected chi connectivity index (χ2v) is 6.59. The van der Waals surface area contributed by atoms with Gasteiger partial charge in [0.15, 0.2) is 0 Å². The SMILES string of the molecule is CNC(=O)CC1C(=O)NCCN1Cc1cnc(N2CCCCC2)nc1. The Kier molecular flexibility index (Phi) is 5.80. The molecule has 8 heteroatoms. The zero-order valence-electron chi connectivity index (χ0n) is 14.7. The molecule has 1 atom stereocenters. The summed E-state index contributed by atoms with van der Waals surface area (Å²) in [6, 6.07) is -0.449. The van der Waals surface area contributed by atoms with Gasteiger partial charge in [-0.05, 0) is 19.3 Å². The number of rotatable bonds is 5. The van der Waals surface area contributed by atoms with E-state index in [0.717, 1.165) is 24.6 Å².